The predicted molar refractivity (Wildman–Crippen MR) is 129 cm³/mol. The quantitative estimate of drug-likeness (QED) is 0.593. The average Bonchev–Trinajstić information content (AvgIpc) is 3.29. The Balaban J connectivity index is 1.52. The predicted octanol–water partition coefficient (Wildman–Crippen LogP) is 5.16. The number of aliphatic imine (C=N–C) groups is 1. The molecule has 3 aliphatic heterocycles. The molecule has 4 rings (SSSR count). The summed E-state index contributed by atoms with van der Waals surface area (Å²) in [6, 6.07) is 5.97. The number of halogens is 1. The van der Waals surface area contributed by atoms with Crippen molar-refractivity contribution in [3.05, 3.63) is 39.2 Å². The summed E-state index contributed by atoms with van der Waals surface area (Å²) in [4.78, 5) is 21.6. The van der Waals surface area contributed by atoms with Gasteiger partial charge in [0.25, 0.3) is 0 Å². The number of carbonyl (C=O) groups is 1. The van der Waals surface area contributed by atoms with Crippen molar-refractivity contribution in [1.29, 1.82) is 0 Å². The van der Waals surface area contributed by atoms with Crippen LogP contribution in [0.1, 0.15) is 45.6 Å². The first-order valence-corrected chi connectivity index (χ1v) is 12.1. The maximum atomic E-state index is 13.3. The van der Waals surface area contributed by atoms with Crippen LogP contribution in [-0.4, -0.2) is 52.2 Å². The number of allylic oxidation sites excluding steroid dienone is 1. The second-order valence-corrected chi connectivity index (χ2v) is 11.1. The number of hydrogen-bond acceptors (Lipinski definition) is 5. The molecular formula is C23H28BrN3O2S. The fourth-order valence-electron chi connectivity index (χ4n) is 4.34. The highest BCUT2D eigenvalue weighted by molar-refractivity contribution is 9.11. The maximum absolute atomic E-state index is 13.3. The van der Waals surface area contributed by atoms with Crippen LogP contribution in [0.15, 0.2) is 38.7 Å². The normalized spacial score (nSPS) is 29.1. The zero-order valence-electron chi connectivity index (χ0n) is 17.6. The molecule has 0 radical (unpaired) electrons. The summed E-state index contributed by atoms with van der Waals surface area (Å²) in [5, 5.41) is 12.7. The number of benzene rings is 1. The van der Waals surface area contributed by atoms with Gasteiger partial charge >= 0.3 is 0 Å². The first-order chi connectivity index (χ1) is 14.3. The lowest BCUT2D eigenvalue weighted by Crippen LogP contribution is -2.51. The van der Waals surface area contributed by atoms with Gasteiger partial charge in [-0.05, 0) is 69.2 Å². The zero-order valence-corrected chi connectivity index (χ0v) is 20.0. The number of carbonyl (C=O) groups excluding carboxylic acids is 1. The smallest absolute Gasteiger partial charge is 0.250 e. The lowest BCUT2D eigenvalue weighted by Gasteiger charge is -2.42. The maximum Gasteiger partial charge on any atom is 0.250 e. The molecule has 1 fully saturated rings. The molecule has 1 saturated heterocycles. The Hall–Kier alpha value is -1.73. The third-order valence-corrected chi connectivity index (χ3v) is 8.52. The molecule has 0 saturated carbocycles. The Morgan fingerprint density at radius 3 is 2.87 bits per heavy atom. The van der Waals surface area contributed by atoms with Crippen LogP contribution < -0.4 is 4.90 Å². The highest BCUT2D eigenvalue weighted by Crippen LogP contribution is 2.46. The van der Waals surface area contributed by atoms with Crippen LogP contribution in [0, 0.1) is 0 Å². The van der Waals surface area contributed by atoms with Gasteiger partial charge in [0.2, 0.25) is 5.91 Å². The van der Waals surface area contributed by atoms with E-state index in [0.717, 1.165) is 49.2 Å². The number of thioether (sulfide) groups is 1. The molecule has 0 aromatic heterocycles. The minimum Gasteiger partial charge on any atom is -0.506 e. The number of aromatic hydroxyl groups is 1. The van der Waals surface area contributed by atoms with Crippen LogP contribution in [0.25, 0.3) is 6.08 Å². The van der Waals surface area contributed by atoms with E-state index in [2.05, 4.69) is 40.2 Å². The second kappa shape index (κ2) is 8.42. The minimum absolute atomic E-state index is 0.00865. The van der Waals surface area contributed by atoms with E-state index in [1.54, 1.807) is 24.2 Å². The molecule has 1 N–H and O–H groups in total. The number of rotatable bonds is 4. The van der Waals surface area contributed by atoms with E-state index in [4.69, 9.17) is 0 Å². The number of piperidine rings is 1. The lowest BCUT2D eigenvalue weighted by atomic mass is 9.93. The zero-order chi connectivity index (χ0) is 21.5. The van der Waals surface area contributed by atoms with E-state index < -0.39 is 0 Å². The topological polar surface area (TPSA) is 56.1 Å². The molecule has 5 nitrogen and oxygen atoms in total. The number of nitrogens with zero attached hydrogens (tertiary/aromatic N) is 3. The van der Waals surface area contributed by atoms with Crippen LogP contribution in [0.2, 0.25) is 0 Å². The van der Waals surface area contributed by atoms with Crippen molar-refractivity contribution < 1.29 is 9.90 Å². The van der Waals surface area contributed by atoms with Crippen LogP contribution in [0.3, 0.4) is 0 Å². The number of likely N-dealkylation sites (tertiary alicyclic amines) is 1. The molecule has 1 aromatic carbocycles. The van der Waals surface area contributed by atoms with Crippen LogP contribution in [0.5, 0.6) is 5.75 Å². The van der Waals surface area contributed by atoms with Gasteiger partial charge < -0.3 is 14.9 Å². The molecule has 30 heavy (non-hydrogen) atoms. The van der Waals surface area contributed by atoms with Crippen LogP contribution in [0.4, 0.5) is 5.69 Å². The summed E-state index contributed by atoms with van der Waals surface area (Å²) in [5.74, 6) is 0.326. The second-order valence-electron chi connectivity index (χ2n) is 8.63. The summed E-state index contributed by atoms with van der Waals surface area (Å²) in [6.45, 7) is 8.00. The summed E-state index contributed by atoms with van der Waals surface area (Å²) in [5.41, 5.74) is 2.42. The molecular weight excluding hydrogens is 462 g/mol. The van der Waals surface area contributed by atoms with E-state index in [1.807, 2.05) is 34.9 Å². The standard InChI is InChI=1S/C23H28BrN3O2S/c1-15-12-26(14-25-15)20-7-6-17(10-21(20)28)9-18-5-4-8-27(22(18)29)16(2)23(3)11-19(24)13-30-23/h6-7,9-10,13-16,28H,4-5,8,11-12H2,1-3H3/b18-9+/t15?,16-,23?/m1/s1. The van der Waals surface area contributed by atoms with Crippen molar-refractivity contribution in [1.82, 2.24) is 4.90 Å². The highest BCUT2D eigenvalue weighted by atomic mass is 79.9. The summed E-state index contributed by atoms with van der Waals surface area (Å²) < 4.78 is 1.20. The van der Waals surface area contributed by atoms with Crippen molar-refractivity contribution in [3.8, 4) is 5.75 Å². The fourth-order valence-corrected chi connectivity index (χ4v) is 6.43. The van der Waals surface area contributed by atoms with Crippen molar-refractivity contribution in [2.24, 2.45) is 4.99 Å². The summed E-state index contributed by atoms with van der Waals surface area (Å²) >= 11 is 5.41. The molecule has 2 unspecified atom stereocenters. The van der Waals surface area contributed by atoms with Gasteiger partial charge in [-0.2, -0.15) is 0 Å². The van der Waals surface area contributed by atoms with E-state index in [-0.39, 0.29) is 28.5 Å². The molecule has 0 spiro atoms. The van der Waals surface area contributed by atoms with Crippen molar-refractivity contribution in [2.75, 3.05) is 18.0 Å². The number of phenolic OH excluding ortho intramolecular Hbond substituents is 1. The van der Waals surface area contributed by atoms with Gasteiger partial charge in [0.15, 0.2) is 0 Å². The fraction of sp³-hybridized carbons (Fsp3) is 0.478. The molecule has 160 valence electrons. The molecule has 0 aliphatic carbocycles. The Labute approximate surface area is 191 Å². The van der Waals surface area contributed by atoms with E-state index in [1.165, 1.54) is 4.48 Å². The van der Waals surface area contributed by atoms with Gasteiger partial charge in [-0.15, -0.1) is 11.8 Å². The first kappa shape index (κ1) is 21.5. The van der Waals surface area contributed by atoms with Crippen molar-refractivity contribution in [3.63, 3.8) is 0 Å². The largest absolute Gasteiger partial charge is 0.506 e. The van der Waals surface area contributed by atoms with E-state index in [9.17, 15) is 9.90 Å². The van der Waals surface area contributed by atoms with Gasteiger partial charge in [-0.3, -0.25) is 9.79 Å². The third kappa shape index (κ3) is 4.19. The van der Waals surface area contributed by atoms with Crippen LogP contribution >= 0.6 is 27.7 Å². The molecule has 0 bridgehead atoms. The molecule has 7 heteroatoms. The monoisotopic (exact) mass is 489 g/mol. The average molecular weight is 490 g/mol. The summed E-state index contributed by atoms with van der Waals surface area (Å²) in [7, 11) is 0. The lowest BCUT2D eigenvalue weighted by molar-refractivity contribution is -0.131. The third-order valence-electron chi connectivity index (χ3n) is 6.28. The number of phenols is 1. The molecule has 3 heterocycles. The Kier molecular flexibility index (Phi) is 6.04. The number of anilines is 1. The molecule has 3 aliphatic rings. The van der Waals surface area contributed by atoms with Crippen LogP contribution in [-0.2, 0) is 4.79 Å². The van der Waals surface area contributed by atoms with Gasteiger partial charge in [0, 0.05) is 33.9 Å². The van der Waals surface area contributed by atoms with E-state index >= 15 is 0 Å². The van der Waals surface area contributed by atoms with Gasteiger partial charge in [-0.25, -0.2) is 0 Å². The van der Waals surface area contributed by atoms with E-state index in [0.29, 0.717) is 0 Å². The molecule has 1 amide bonds. The first-order valence-electron chi connectivity index (χ1n) is 10.4. The SMILES string of the molecule is CC1CN(c2ccc(/C=C3\CCCN([C@H](C)C4(C)CC(Br)=CS4)C3=O)cc2O)C=N1. The highest BCUT2D eigenvalue weighted by Gasteiger charge is 2.41. The molecule has 3 atom stereocenters. The Bertz CT molecular complexity index is 944. The molecule has 1 aromatic rings. The van der Waals surface area contributed by atoms with Crippen molar-refractivity contribution >= 4 is 51.7 Å². The number of amides is 1. The Morgan fingerprint density at radius 2 is 2.23 bits per heavy atom. The van der Waals surface area contributed by atoms with Gasteiger partial charge in [0.1, 0.15) is 5.75 Å². The number of hydrogen-bond donors (Lipinski definition) is 1. The van der Waals surface area contributed by atoms with Gasteiger partial charge in [0.05, 0.1) is 18.1 Å². The summed E-state index contributed by atoms with van der Waals surface area (Å²) in [6.07, 6.45) is 6.38. The minimum atomic E-state index is -0.00865. The van der Waals surface area contributed by atoms with Gasteiger partial charge in [-0.1, -0.05) is 22.0 Å². The van der Waals surface area contributed by atoms with Crippen molar-refractivity contribution in [2.45, 2.75) is 56.9 Å². The Morgan fingerprint density at radius 1 is 1.43 bits per heavy atom.